The predicted molar refractivity (Wildman–Crippen MR) is 384 cm³/mol. The number of hydrogen-bond donors (Lipinski definition) is 15. The molecule has 18 rings (SSSR count). The Morgan fingerprint density at radius 1 is 0.319 bits per heavy atom. The summed E-state index contributed by atoms with van der Waals surface area (Å²) in [5.41, 5.74) is 7.90. The van der Waals surface area contributed by atoms with Crippen LogP contribution in [-0.4, -0.2) is 208 Å². The molecule has 0 aliphatic carbocycles. The number of benzene rings is 9. The molecule has 9 aliphatic heterocycles. The Morgan fingerprint density at radius 2 is 0.602 bits per heavy atom. The van der Waals surface area contributed by atoms with Gasteiger partial charge in [-0.2, -0.15) is 0 Å². The van der Waals surface area contributed by atoms with E-state index in [4.69, 9.17) is 71.1 Å². The molecule has 0 saturated carbocycles. The van der Waals surface area contributed by atoms with Gasteiger partial charge in [0.25, 0.3) is 0 Å². The second-order valence-corrected chi connectivity index (χ2v) is 28.0. The lowest BCUT2D eigenvalue weighted by Crippen LogP contribution is -2.58. The molecule has 0 bridgehead atoms. The number of carbonyl (C=O) groups excluding carboxylic acids is 3. The lowest BCUT2D eigenvalue weighted by atomic mass is 9.87. The number of carbonyl (C=O) groups is 3. The van der Waals surface area contributed by atoms with Crippen LogP contribution in [0.3, 0.4) is 0 Å². The fraction of sp³-hybridized carbons (Fsp3) is 0.362. The van der Waals surface area contributed by atoms with Gasteiger partial charge in [-0.1, -0.05) is 18.2 Å². The Balaban J connectivity index is 0.000000128. The van der Waals surface area contributed by atoms with Crippen molar-refractivity contribution in [3.63, 3.8) is 0 Å². The van der Waals surface area contributed by atoms with Crippen molar-refractivity contribution in [1.29, 1.82) is 0 Å². The molecular weight excluding hydrogens is 1490 g/mol. The number of rotatable bonds is 15. The van der Waals surface area contributed by atoms with E-state index in [0.29, 0.717) is 150 Å². The highest BCUT2D eigenvalue weighted by Crippen LogP contribution is 2.53. The molecule has 3 unspecified atom stereocenters. The maximum absolute atomic E-state index is 13.1. The third-order valence-electron chi connectivity index (χ3n) is 21.5. The molecule has 0 radical (unpaired) electrons. The lowest BCUT2D eigenvalue weighted by Gasteiger charge is -2.39. The van der Waals surface area contributed by atoms with Gasteiger partial charge in [0.05, 0.1) is 75.1 Å². The molecule has 9 aromatic rings. The van der Waals surface area contributed by atoms with E-state index in [2.05, 4.69) is 0 Å². The summed E-state index contributed by atoms with van der Waals surface area (Å²) in [5.74, 6) is 1.91. The Bertz CT molecular complexity index is 5080. The first-order valence-corrected chi connectivity index (χ1v) is 35.9. The normalized spacial score (nSPS) is 25.4. The SMILES string of the molecule is C[C@@H]1OC(Oc2c3c(c(-c4ccc5c(c4)OCO5)c4cc(CO)c(CO)cc24)C(=O)OC3)[C@@H](O)[C@H](O)[C@@H]1O.C[C@H]1OC(Oc2c3c(c(-c4ccc5c(c4)OCO5)c4cc(CO)c(CO)cc24)C(=O)OC3)[C@H](O)[C@@H](O)[C@@H]1O.O=C1OCc2c1c(-c1ccc3c(c1)OCO3)c1cc(CO)c(CO)cc1c2OC1OC[C@H](O)[C@H](O)[C@H]1O. The van der Waals surface area contributed by atoms with Gasteiger partial charge in [0.1, 0.15) is 92.0 Å². The van der Waals surface area contributed by atoms with Crippen molar-refractivity contribution in [2.75, 3.05) is 27.0 Å². The van der Waals surface area contributed by atoms with Crippen LogP contribution < -0.4 is 42.6 Å². The van der Waals surface area contributed by atoms with E-state index >= 15 is 0 Å². The summed E-state index contributed by atoms with van der Waals surface area (Å²) in [7, 11) is 0. The summed E-state index contributed by atoms with van der Waals surface area (Å²) in [6, 6.07) is 25.7. The first kappa shape index (κ1) is 76.6. The average Bonchev–Trinajstić information content (AvgIpc) is 1.69. The quantitative estimate of drug-likeness (QED) is 0.0518. The molecule has 0 spiro atoms. The van der Waals surface area contributed by atoms with Crippen LogP contribution in [0.1, 0.15) is 95.0 Å². The van der Waals surface area contributed by atoms with Gasteiger partial charge in [-0.25, -0.2) is 14.4 Å². The minimum absolute atomic E-state index is 0.0731. The molecule has 9 heterocycles. The van der Waals surface area contributed by atoms with Crippen LogP contribution in [-0.2, 0) is 87.9 Å². The number of ether oxygens (including phenoxy) is 15. The van der Waals surface area contributed by atoms with Crippen LogP contribution in [0, 0.1) is 0 Å². The largest absolute Gasteiger partial charge is 0.461 e. The van der Waals surface area contributed by atoms with Crippen LogP contribution in [0.4, 0.5) is 0 Å². The van der Waals surface area contributed by atoms with Crippen molar-refractivity contribution in [3.05, 3.63) is 158 Å². The number of cyclic esters (lactones) is 3. The molecule has 33 nitrogen and oxygen atoms in total. The van der Waals surface area contributed by atoms with Crippen molar-refractivity contribution >= 4 is 50.2 Å². The van der Waals surface area contributed by atoms with Gasteiger partial charge in [-0.3, -0.25) is 0 Å². The highest BCUT2D eigenvalue weighted by molar-refractivity contribution is 6.16. The van der Waals surface area contributed by atoms with E-state index in [1.165, 1.54) is 13.8 Å². The van der Waals surface area contributed by atoms with Gasteiger partial charge in [-0.05, 0) is 153 Å². The predicted octanol–water partition coefficient (Wildman–Crippen LogP) is 2.90. The van der Waals surface area contributed by atoms with Crippen LogP contribution >= 0.6 is 0 Å². The maximum Gasteiger partial charge on any atom is 0.339 e. The molecule has 3 saturated heterocycles. The van der Waals surface area contributed by atoms with E-state index in [9.17, 15) is 91.0 Å². The van der Waals surface area contributed by atoms with Gasteiger partial charge in [0, 0.05) is 49.5 Å². The monoisotopic (exact) mass is 1560 g/mol. The molecule has 594 valence electrons. The standard InChI is InChI=1S/2C27H26O11.C26H24O11/c2*1-11-22(30)23(31)24(32)27(37-11)38-25-16-5-14(8-29)13(7-28)4-15(16)20(21-17(25)9-34-26(21)33)12-2-3-18-19(6-12)36-10-35-18;27-6-12-3-14-15(4-13(12)7-28)24(37-26-23(31)22(30)17(29)9-34-26)16-8-33-25(32)21(16)20(14)11-1-2-18-19(5-11)36-10-35-18/h2*2-6,11,22-24,27-32H,7-10H2,1H3;1-5,17,22-23,26-31H,6-10H2/t11-,22+,23+,24-,27?;11-,22-,23+,24-,27?;17-,22-,23+,26?/m010/s1. The van der Waals surface area contributed by atoms with E-state index in [1.807, 2.05) is 0 Å². The van der Waals surface area contributed by atoms with Crippen LogP contribution in [0.2, 0.25) is 0 Å². The molecule has 9 aromatic carbocycles. The minimum atomic E-state index is -1.59. The highest BCUT2D eigenvalue weighted by Gasteiger charge is 2.48. The molecule has 33 heteroatoms. The Morgan fingerprint density at radius 3 is 0.912 bits per heavy atom. The summed E-state index contributed by atoms with van der Waals surface area (Å²) in [5, 5.41) is 155. The third-order valence-corrected chi connectivity index (χ3v) is 21.5. The fourth-order valence-corrected chi connectivity index (χ4v) is 15.5. The van der Waals surface area contributed by atoms with E-state index < -0.39 is 104 Å². The number of aliphatic hydroxyl groups excluding tert-OH is 15. The molecule has 0 aromatic heterocycles. The number of fused-ring (bicyclic) bond motifs is 9. The molecule has 0 amide bonds. The van der Waals surface area contributed by atoms with Crippen LogP contribution in [0.5, 0.6) is 51.7 Å². The van der Waals surface area contributed by atoms with E-state index in [0.717, 1.165) is 0 Å². The number of hydrogen-bond acceptors (Lipinski definition) is 33. The van der Waals surface area contributed by atoms with E-state index in [1.54, 1.807) is 91.0 Å². The molecule has 3 fully saturated rings. The zero-order valence-corrected chi connectivity index (χ0v) is 60.0. The molecule has 15 N–H and O–H groups in total. The van der Waals surface area contributed by atoms with Crippen molar-refractivity contribution in [1.82, 2.24) is 0 Å². The Kier molecular flexibility index (Phi) is 20.9. The number of aliphatic hydroxyl groups is 15. The van der Waals surface area contributed by atoms with Crippen LogP contribution in [0.15, 0.2) is 91.0 Å². The first-order chi connectivity index (χ1) is 54.5. The zero-order valence-electron chi connectivity index (χ0n) is 60.0. The maximum atomic E-state index is 13.1. The second-order valence-electron chi connectivity index (χ2n) is 28.0. The Labute approximate surface area is 639 Å². The first-order valence-electron chi connectivity index (χ1n) is 35.9. The topological polar surface area (TPSA) is 493 Å². The Hall–Kier alpha value is -10.3. The van der Waals surface area contributed by atoms with Crippen molar-refractivity contribution < 1.29 is 162 Å². The second kappa shape index (κ2) is 30.9. The summed E-state index contributed by atoms with van der Waals surface area (Å²) in [4.78, 5) is 39.2. The summed E-state index contributed by atoms with van der Waals surface area (Å²) < 4.78 is 84.2. The van der Waals surface area contributed by atoms with E-state index in [-0.39, 0.29) is 120 Å². The van der Waals surface area contributed by atoms with Gasteiger partial charge in [0.2, 0.25) is 39.2 Å². The van der Waals surface area contributed by atoms with Crippen molar-refractivity contribution in [3.8, 4) is 85.1 Å². The summed E-state index contributed by atoms with van der Waals surface area (Å²) in [6.07, 6.45) is -19.0. The van der Waals surface area contributed by atoms with Crippen molar-refractivity contribution in [2.45, 2.75) is 159 Å². The van der Waals surface area contributed by atoms with Gasteiger partial charge < -0.3 is 148 Å². The van der Waals surface area contributed by atoms with Crippen molar-refractivity contribution in [2.24, 2.45) is 0 Å². The molecular formula is C80H76O33. The summed E-state index contributed by atoms with van der Waals surface area (Å²) in [6.45, 7) is 0.424. The molecule has 113 heavy (non-hydrogen) atoms. The zero-order chi connectivity index (χ0) is 79.3. The minimum Gasteiger partial charge on any atom is -0.461 e. The van der Waals surface area contributed by atoms with Gasteiger partial charge in [0.15, 0.2) is 34.5 Å². The highest BCUT2D eigenvalue weighted by atomic mass is 16.7. The number of esters is 3. The van der Waals surface area contributed by atoms with Crippen LogP contribution in [0.25, 0.3) is 65.7 Å². The van der Waals surface area contributed by atoms with Gasteiger partial charge in [-0.15, -0.1) is 0 Å². The summed E-state index contributed by atoms with van der Waals surface area (Å²) >= 11 is 0. The molecule has 14 atom stereocenters. The molecule has 9 aliphatic rings. The fourth-order valence-electron chi connectivity index (χ4n) is 15.5. The average molecular weight is 1570 g/mol. The lowest BCUT2D eigenvalue weighted by molar-refractivity contribution is -0.268. The smallest absolute Gasteiger partial charge is 0.339 e. The van der Waals surface area contributed by atoms with Gasteiger partial charge >= 0.3 is 17.9 Å². The third kappa shape index (κ3) is 13.4.